The number of nitrogens with zero attached hydrogens (tertiary/aromatic N) is 1. The zero-order valence-corrected chi connectivity index (χ0v) is 10.5. The third-order valence-electron chi connectivity index (χ3n) is 2.22. The van der Waals surface area contributed by atoms with Crippen molar-refractivity contribution in [2.24, 2.45) is 0 Å². The molecule has 0 bridgehead atoms. The fourth-order valence-electron chi connectivity index (χ4n) is 1.29. The molecule has 0 aliphatic carbocycles. The number of hydrogen-bond acceptors (Lipinski definition) is 3. The number of hydrogen-bond donors (Lipinski definition) is 0. The summed E-state index contributed by atoms with van der Waals surface area (Å²) in [5.41, 5.74) is 1.36. The molecular weight excluding hydrogens is 226 g/mol. The van der Waals surface area contributed by atoms with Crippen molar-refractivity contribution in [2.45, 2.75) is 6.92 Å². The summed E-state index contributed by atoms with van der Waals surface area (Å²) in [5, 5.41) is -0.433. The molecule has 0 aliphatic heterocycles. The highest BCUT2D eigenvalue weighted by Gasteiger charge is 2.06. The van der Waals surface area contributed by atoms with Crippen molar-refractivity contribution in [3.8, 4) is 5.75 Å². The fraction of sp³-hybridized carbons (Fsp3) is 0.417. The van der Waals surface area contributed by atoms with Crippen LogP contribution in [0.3, 0.4) is 0 Å². The molecule has 0 saturated carbocycles. The zero-order valence-electron chi connectivity index (χ0n) is 9.79. The topological polar surface area (TPSA) is 29.5 Å². The van der Waals surface area contributed by atoms with Crippen LogP contribution in [0, 0.1) is 6.92 Å². The van der Waals surface area contributed by atoms with Gasteiger partial charge >= 0.3 is 0 Å². The molecule has 1 aromatic rings. The number of ether oxygens (including phenoxy) is 1. The van der Waals surface area contributed by atoms with E-state index in [9.17, 15) is 4.79 Å². The van der Waals surface area contributed by atoms with E-state index in [2.05, 4.69) is 0 Å². The van der Waals surface area contributed by atoms with Gasteiger partial charge in [-0.2, -0.15) is 0 Å². The summed E-state index contributed by atoms with van der Waals surface area (Å²) >= 11 is 5.42. The second-order valence-corrected chi connectivity index (χ2v) is 4.25. The van der Waals surface area contributed by atoms with Crippen LogP contribution in [-0.2, 0) is 0 Å². The highest BCUT2D eigenvalue weighted by atomic mass is 35.5. The Morgan fingerprint density at radius 1 is 1.44 bits per heavy atom. The minimum atomic E-state index is -0.433. The van der Waals surface area contributed by atoms with Crippen molar-refractivity contribution in [2.75, 3.05) is 27.2 Å². The largest absolute Gasteiger partial charge is 0.492 e. The molecule has 1 aromatic carbocycles. The first-order valence-corrected chi connectivity index (χ1v) is 5.46. The number of carbonyl (C=O) groups excluding carboxylic acids is 1. The van der Waals surface area contributed by atoms with Gasteiger partial charge in [-0.15, -0.1) is 0 Å². The van der Waals surface area contributed by atoms with Crippen molar-refractivity contribution >= 4 is 16.8 Å². The highest BCUT2D eigenvalue weighted by molar-refractivity contribution is 6.67. The minimum absolute atomic E-state index is 0.433. The molecule has 0 saturated heterocycles. The second kappa shape index (κ2) is 5.87. The van der Waals surface area contributed by atoms with E-state index in [0.29, 0.717) is 12.2 Å². The Morgan fingerprint density at radius 3 is 2.62 bits per heavy atom. The maximum absolute atomic E-state index is 11.0. The summed E-state index contributed by atoms with van der Waals surface area (Å²) < 4.78 is 5.54. The van der Waals surface area contributed by atoms with E-state index >= 15 is 0 Å². The lowest BCUT2D eigenvalue weighted by atomic mass is 10.1. The van der Waals surface area contributed by atoms with Gasteiger partial charge in [0.05, 0.1) is 0 Å². The SMILES string of the molecule is Cc1cc(OCCN(C)C)ccc1C(=O)Cl. The van der Waals surface area contributed by atoms with E-state index in [1.165, 1.54) is 0 Å². The molecule has 0 fully saturated rings. The Balaban J connectivity index is 2.63. The van der Waals surface area contributed by atoms with Gasteiger partial charge in [0.1, 0.15) is 12.4 Å². The summed E-state index contributed by atoms with van der Waals surface area (Å²) in [7, 11) is 3.98. The van der Waals surface area contributed by atoms with Crippen molar-refractivity contribution < 1.29 is 9.53 Å². The molecule has 0 atom stereocenters. The van der Waals surface area contributed by atoms with Crippen LogP contribution >= 0.6 is 11.6 Å². The van der Waals surface area contributed by atoms with Crippen LogP contribution in [0.4, 0.5) is 0 Å². The molecule has 0 amide bonds. The van der Waals surface area contributed by atoms with Gasteiger partial charge in [-0.05, 0) is 56.4 Å². The third-order valence-corrected chi connectivity index (χ3v) is 2.42. The smallest absolute Gasteiger partial charge is 0.252 e. The summed E-state index contributed by atoms with van der Waals surface area (Å²) in [4.78, 5) is 13.0. The van der Waals surface area contributed by atoms with Gasteiger partial charge in [-0.1, -0.05) is 0 Å². The van der Waals surface area contributed by atoms with Gasteiger partial charge in [0.25, 0.3) is 5.24 Å². The number of benzene rings is 1. The first-order chi connectivity index (χ1) is 7.50. The number of halogens is 1. The summed E-state index contributed by atoms with van der Waals surface area (Å²) in [6.07, 6.45) is 0. The van der Waals surface area contributed by atoms with Crippen molar-refractivity contribution in [1.82, 2.24) is 4.90 Å². The van der Waals surface area contributed by atoms with E-state index in [1.54, 1.807) is 12.1 Å². The average molecular weight is 242 g/mol. The van der Waals surface area contributed by atoms with Crippen molar-refractivity contribution in [3.63, 3.8) is 0 Å². The Hall–Kier alpha value is -1.06. The lowest BCUT2D eigenvalue weighted by Gasteiger charge is -2.11. The minimum Gasteiger partial charge on any atom is -0.492 e. The predicted octanol–water partition coefficient (Wildman–Crippen LogP) is 2.31. The third kappa shape index (κ3) is 3.83. The maximum Gasteiger partial charge on any atom is 0.252 e. The molecule has 0 aliphatic rings. The molecule has 3 nitrogen and oxygen atoms in total. The van der Waals surface area contributed by atoms with E-state index in [4.69, 9.17) is 16.3 Å². The van der Waals surface area contributed by atoms with E-state index in [1.807, 2.05) is 32.0 Å². The van der Waals surface area contributed by atoms with Crippen LogP contribution in [-0.4, -0.2) is 37.4 Å². The van der Waals surface area contributed by atoms with E-state index in [-0.39, 0.29) is 0 Å². The molecule has 4 heteroatoms. The first-order valence-electron chi connectivity index (χ1n) is 5.08. The van der Waals surface area contributed by atoms with Crippen LogP contribution in [0.15, 0.2) is 18.2 Å². The van der Waals surface area contributed by atoms with Gasteiger partial charge in [-0.3, -0.25) is 4.79 Å². The Labute approximate surface area is 101 Å². The number of aryl methyl sites for hydroxylation is 1. The summed E-state index contributed by atoms with van der Waals surface area (Å²) in [6, 6.07) is 5.28. The number of carbonyl (C=O) groups is 1. The quantitative estimate of drug-likeness (QED) is 0.741. The van der Waals surface area contributed by atoms with E-state index < -0.39 is 5.24 Å². The van der Waals surface area contributed by atoms with E-state index in [0.717, 1.165) is 17.9 Å². The van der Waals surface area contributed by atoms with Crippen LogP contribution in [0.1, 0.15) is 15.9 Å². The standard InChI is InChI=1S/C12H16ClNO2/c1-9-8-10(16-7-6-14(2)3)4-5-11(9)12(13)15/h4-5,8H,6-7H2,1-3H3. The van der Waals surface area contributed by atoms with Gasteiger partial charge < -0.3 is 9.64 Å². The van der Waals surface area contributed by atoms with Crippen LogP contribution in [0.2, 0.25) is 0 Å². The molecule has 0 heterocycles. The molecule has 0 N–H and O–H groups in total. The molecule has 88 valence electrons. The highest BCUT2D eigenvalue weighted by Crippen LogP contribution is 2.18. The molecule has 16 heavy (non-hydrogen) atoms. The molecule has 0 spiro atoms. The molecular formula is C12H16ClNO2. The lowest BCUT2D eigenvalue weighted by molar-refractivity contribution is 0.108. The predicted molar refractivity (Wildman–Crippen MR) is 65.4 cm³/mol. The van der Waals surface area contributed by atoms with Crippen LogP contribution < -0.4 is 4.74 Å². The fourth-order valence-corrected chi connectivity index (χ4v) is 1.50. The lowest BCUT2D eigenvalue weighted by Crippen LogP contribution is -2.19. The van der Waals surface area contributed by atoms with Gasteiger partial charge in [0, 0.05) is 12.1 Å². The van der Waals surface area contributed by atoms with Gasteiger partial charge in [0.15, 0.2) is 0 Å². The monoisotopic (exact) mass is 241 g/mol. The summed E-state index contributed by atoms with van der Waals surface area (Å²) in [5.74, 6) is 0.765. The molecule has 0 unspecified atom stereocenters. The molecule has 0 radical (unpaired) electrons. The summed E-state index contributed by atoms with van der Waals surface area (Å²) in [6.45, 7) is 3.32. The Bertz CT molecular complexity index is 377. The van der Waals surface area contributed by atoms with Gasteiger partial charge in [0.2, 0.25) is 0 Å². The number of rotatable bonds is 5. The Morgan fingerprint density at radius 2 is 2.12 bits per heavy atom. The van der Waals surface area contributed by atoms with Crippen LogP contribution in [0.5, 0.6) is 5.75 Å². The van der Waals surface area contributed by atoms with Gasteiger partial charge in [-0.25, -0.2) is 0 Å². The average Bonchev–Trinajstić information content (AvgIpc) is 2.16. The van der Waals surface area contributed by atoms with Crippen molar-refractivity contribution in [1.29, 1.82) is 0 Å². The molecule has 1 rings (SSSR count). The normalized spacial score (nSPS) is 10.6. The second-order valence-electron chi connectivity index (χ2n) is 3.90. The zero-order chi connectivity index (χ0) is 12.1. The first kappa shape index (κ1) is 13.0. The maximum atomic E-state index is 11.0. The molecule has 0 aromatic heterocycles. The van der Waals surface area contributed by atoms with Crippen molar-refractivity contribution in [3.05, 3.63) is 29.3 Å². The number of likely N-dealkylation sites (N-methyl/N-ethyl adjacent to an activating group) is 1. The Kier molecular flexibility index (Phi) is 4.77. The van der Waals surface area contributed by atoms with Crippen LogP contribution in [0.25, 0.3) is 0 Å².